The number of likely N-dealkylation sites (tertiary alicyclic amines) is 1. The minimum atomic E-state index is -4.38. The highest BCUT2D eigenvalue weighted by molar-refractivity contribution is 5.68. The normalized spacial score (nSPS) is 15.9. The van der Waals surface area contributed by atoms with Crippen LogP contribution in [0.1, 0.15) is 35.6 Å². The summed E-state index contributed by atoms with van der Waals surface area (Å²) in [6, 6.07) is 14.1. The largest absolute Gasteiger partial charge is 0.445 e. The molecule has 156 valence electrons. The third kappa shape index (κ3) is 5.73. The molecule has 1 atom stereocenters. The molecule has 0 aromatic heterocycles. The molecular weight excluding hydrogens is 381 g/mol. The van der Waals surface area contributed by atoms with Crippen molar-refractivity contribution in [3.05, 3.63) is 71.3 Å². The third-order valence-corrected chi connectivity index (χ3v) is 5.38. The van der Waals surface area contributed by atoms with Crippen molar-refractivity contribution in [2.75, 3.05) is 26.7 Å². The second-order valence-electron chi connectivity index (χ2n) is 7.45. The van der Waals surface area contributed by atoms with Gasteiger partial charge in [0.2, 0.25) is 0 Å². The van der Waals surface area contributed by atoms with E-state index in [2.05, 4.69) is 0 Å². The molecule has 0 aliphatic carbocycles. The fraction of sp³-hybridized carbons (Fsp3) is 0.409. The number of carbonyl (C=O) groups excluding carboxylic acids is 1. The van der Waals surface area contributed by atoms with E-state index in [9.17, 15) is 18.0 Å². The summed E-state index contributed by atoms with van der Waals surface area (Å²) in [5.74, 6) is 0. The molecule has 1 aliphatic heterocycles. The van der Waals surface area contributed by atoms with E-state index in [0.29, 0.717) is 12.1 Å². The lowest BCUT2D eigenvalue weighted by molar-refractivity contribution is -0.890. The summed E-state index contributed by atoms with van der Waals surface area (Å²) < 4.78 is 44.2. The number of likely N-dealkylation sites (N-methyl/N-ethyl adjacent to an activating group) is 1. The van der Waals surface area contributed by atoms with E-state index in [0.717, 1.165) is 43.6 Å². The Balaban J connectivity index is 1.73. The van der Waals surface area contributed by atoms with Gasteiger partial charge in [-0.2, -0.15) is 13.2 Å². The first-order valence-electron chi connectivity index (χ1n) is 9.79. The Bertz CT molecular complexity index is 788. The number of carbonyl (C=O) groups is 1. The van der Waals surface area contributed by atoms with E-state index >= 15 is 0 Å². The van der Waals surface area contributed by atoms with Crippen LogP contribution in [0.25, 0.3) is 0 Å². The van der Waals surface area contributed by atoms with E-state index in [1.54, 1.807) is 7.05 Å². The topological polar surface area (TPSA) is 34.0 Å². The Morgan fingerprint density at radius 2 is 1.69 bits per heavy atom. The molecule has 29 heavy (non-hydrogen) atoms. The number of amides is 1. The molecule has 0 spiro atoms. The van der Waals surface area contributed by atoms with Crippen molar-refractivity contribution in [1.82, 2.24) is 4.90 Å². The van der Waals surface area contributed by atoms with E-state index in [-0.39, 0.29) is 12.6 Å². The van der Waals surface area contributed by atoms with Crippen molar-refractivity contribution < 1.29 is 27.6 Å². The highest BCUT2D eigenvalue weighted by Crippen LogP contribution is 2.30. The lowest BCUT2D eigenvalue weighted by Crippen LogP contribution is -3.10. The third-order valence-electron chi connectivity index (χ3n) is 5.38. The van der Waals surface area contributed by atoms with Crippen molar-refractivity contribution in [1.29, 1.82) is 0 Å². The number of nitrogens with one attached hydrogen (secondary N) is 1. The molecule has 0 saturated carbocycles. The van der Waals surface area contributed by atoms with Gasteiger partial charge in [-0.1, -0.05) is 42.5 Å². The molecule has 4 nitrogen and oxygen atoms in total. The van der Waals surface area contributed by atoms with Crippen molar-refractivity contribution in [3.8, 4) is 0 Å². The number of halogens is 3. The minimum absolute atomic E-state index is 0.153. The summed E-state index contributed by atoms with van der Waals surface area (Å²) in [4.78, 5) is 15.5. The smallest absolute Gasteiger partial charge is 0.416 e. The number of ether oxygens (including phenoxy) is 1. The Kier molecular flexibility index (Phi) is 6.79. The molecule has 7 heteroatoms. The maximum Gasteiger partial charge on any atom is 0.416 e. The van der Waals surface area contributed by atoms with Gasteiger partial charge in [0.1, 0.15) is 19.2 Å². The molecule has 1 aliphatic rings. The highest BCUT2D eigenvalue weighted by Gasteiger charge is 2.32. The summed E-state index contributed by atoms with van der Waals surface area (Å²) in [6.45, 7) is 2.80. The molecule has 1 fully saturated rings. The average molecular weight is 407 g/mol. The van der Waals surface area contributed by atoms with E-state index < -0.39 is 17.8 Å². The molecule has 3 rings (SSSR count). The van der Waals surface area contributed by atoms with Gasteiger partial charge < -0.3 is 9.64 Å². The maximum atomic E-state index is 12.9. The standard InChI is InChI=1S/C22H25F3N2O2/c1-26(21(28)29-16-17-7-3-2-4-8-17)20(15-27-13-5-6-14-27)18-9-11-19(12-10-18)22(23,24)25/h2-4,7-12,20H,5-6,13-16H2,1H3/p+1/t20-/m0/s1. The molecule has 0 radical (unpaired) electrons. The molecule has 1 amide bonds. The molecule has 2 aromatic rings. The van der Waals surface area contributed by atoms with Crippen LogP contribution in [0.2, 0.25) is 0 Å². The first kappa shape index (κ1) is 21.2. The zero-order chi connectivity index (χ0) is 20.9. The van der Waals surface area contributed by atoms with Crippen molar-refractivity contribution in [2.45, 2.75) is 31.7 Å². The highest BCUT2D eigenvalue weighted by atomic mass is 19.4. The van der Waals surface area contributed by atoms with E-state index in [1.807, 2.05) is 30.3 Å². The first-order chi connectivity index (χ1) is 13.8. The Labute approximate surface area is 168 Å². The number of hydrogen-bond acceptors (Lipinski definition) is 2. The van der Waals surface area contributed by atoms with E-state index in [4.69, 9.17) is 4.74 Å². The lowest BCUT2D eigenvalue weighted by atomic mass is 10.0. The Hall–Kier alpha value is -2.54. The van der Waals surface area contributed by atoms with Gasteiger partial charge in [0.25, 0.3) is 0 Å². The van der Waals surface area contributed by atoms with E-state index in [1.165, 1.54) is 21.9 Å². The first-order valence-corrected chi connectivity index (χ1v) is 9.79. The SMILES string of the molecule is CN(C(=O)OCc1ccccc1)[C@@H](C[NH+]1CCCC1)c1ccc(C(F)(F)F)cc1. The molecule has 0 bridgehead atoms. The molecule has 0 unspecified atom stereocenters. The Morgan fingerprint density at radius 1 is 1.07 bits per heavy atom. The number of hydrogen-bond donors (Lipinski definition) is 1. The average Bonchev–Trinajstić information content (AvgIpc) is 3.23. The fourth-order valence-electron chi connectivity index (χ4n) is 3.67. The number of rotatable bonds is 6. The quantitative estimate of drug-likeness (QED) is 0.793. The van der Waals surface area contributed by atoms with Crippen LogP contribution >= 0.6 is 0 Å². The Morgan fingerprint density at radius 3 is 2.28 bits per heavy atom. The number of alkyl halides is 3. The summed E-state index contributed by atoms with van der Waals surface area (Å²) in [5, 5.41) is 0. The molecule has 2 aromatic carbocycles. The summed E-state index contributed by atoms with van der Waals surface area (Å²) >= 11 is 0. The summed E-state index contributed by atoms with van der Waals surface area (Å²) in [5.41, 5.74) is 0.866. The van der Waals surface area contributed by atoms with Gasteiger partial charge >= 0.3 is 12.3 Å². The van der Waals surface area contributed by atoms with Crippen LogP contribution in [0.15, 0.2) is 54.6 Å². The van der Waals surface area contributed by atoms with Crippen molar-refractivity contribution >= 4 is 6.09 Å². The predicted molar refractivity (Wildman–Crippen MR) is 103 cm³/mol. The van der Waals surface area contributed by atoms with Crippen LogP contribution < -0.4 is 4.90 Å². The van der Waals surface area contributed by atoms with Gasteiger partial charge in [-0.15, -0.1) is 0 Å². The van der Waals surface area contributed by atoms with Gasteiger partial charge in [-0.3, -0.25) is 4.90 Å². The minimum Gasteiger partial charge on any atom is -0.445 e. The predicted octanol–water partition coefficient (Wildman–Crippen LogP) is 3.69. The monoisotopic (exact) mass is 407 g/mol. The molecule has 1 saturated heterocycles. The molecule has 1 heterocycles. The van der Waals surface area contributed by atoms with Gasteiger partial charge in [-0.05, 0) is 23.3 Å². The van der Waals surface area contributed by atoms with Gasteiger partial charge in [0.15, 0.2) is 0 Å². The number of quaternary nitrogens is 1. The van der Waals surface area contributed by atoms with Crippen molar-refractivity contribution in [3.63, 3.8) is 0 Å². The van der Waals surface area contributed by atoms with Crippen LogP contribution in [-0.4, -0.2) is 37.7 Å². The maximum absolute atomic E-state index is 12.9. The van der Waals surface area contributed by atoms with Crippen LogP contribution in [0.5, 0.6) is 0 Å². The van der Waals surface area contributed by atoms with Crippen LogP contribution in [0, 0.1) is 0 Å². The second kappa shape index (κ2) is 9.31. The zero-order valence-electron chi connectivity index (χ0n) is 16.4. The molecule has 1 N–H and O–H groups in total. The summed E-state index contributed by atoms with van der Waals surface area (Å²) in [6.07, 6.45) is -2.62. The van der Waals surface area contributed by atoms with Gasteiger partial charge in [0.05, 0.1) is 18.7 Å². The molecular formula is C22H26F3N2O2+. The number of nitrogens with zero attached hydrogens (tertiary/aromatic N) is 1. The zero-order valence-corrected chi connectivity index (χ0v) is 16.4. The van der Waals surface area contributed by atoms with Crippen LogP contribution in [0.4, 0.5) is 18.0 Å². The van der Waals surface area contributed by atoms with Crippen molar-refractivity contribution in [2.24, 2.45) is 0 Å². The van der Waals surface area contributed by atoms with Gasteiger partial charge in [-0.25, -0.2) is 4.79 Å². The van der Waals surface area contributed by atoms with Crippen LogP contribution in [0.3, 0.4) is 0 Å². The second-order valence-corrected chi connectivity index (χ2v) is 7.45. The fourth-order valence-corrected chi connectivity index (χ4v) is 3.67. The lowest BCUT2D eigenvalue weighted by Gasteiger charge is -2.29. The number of benzene rings is 2. The van der Waals surface area contributed by atoms with Crippen LogP contribution in [-0.2, 0) is 17.5 Å². The summed E-state index contributed by atoms with van der Waals surface area (Å²) in [7, 11) is 1.64. The van der Waals surface area contributed by atoms with Gasteiger partial charge in [0, 0.05) is 19.9 Å².